The monoisotopic (exact) mass is 434 g/mol. The molecule has 0 aromatic heterocycles. The lowest BCUT2D eigenvalue weighted by Crippen LogP contribution is -2.36. The lowest BCUT2D eigenvalue weighted by atomic mass is 10.1. The van der Waals surface area contributed by atoms with E-state index in [2.05, 4.69) is 52.9 Å². The van der Waals surface area contributed by atoms with Gasteiger partial charge in [0, 0.05) is 13.1 Å². The number of halogens is 1. The van der Waals surface area contributed by atoms with Crippen molar-refractivity contribution < 1.29 is 0 Å². The van der Waals surface area contributed by atoms with Gasteiger partial charge in [-0.3, -0.25) is 0 Å². The Balaban J connectivity index is 0.00000288. The van der Waals surface area contributed by atoms with Crippen LogP contribution >= 0.6 is 24.0 Å². The van der Waals surface area contributed by atoms with E-state index in [0.29, 0.717) is 12.1 Å². The summed E-state index contributed by atoms with van der Waals surface area (Å²) in [7, 11) is 0. The Labute approximate surface area is 161 Å². The molecule has 0 aliphatic carbocycles. The third-order valence-corrected chi connectivity index (χ3v) is 3.43. The van der Waals surface area contributed by atoms with Gasteiger partial charge in [-0.15, -0.1) is 24.0 Å². The first kappa shape index (κ1) is 20.0. The molecule has 0 bridgehead atoms. The number of aliphatic imine (C=N–C) groups is 1. The second kappa shape index (κ2) is 10.7. The van der Waals surface area contributed by atoms with Gasteiger partial charge in [0.2, 0.25) is 0 Å². The topological polar surface area (TPSA) is 60.2 Å². The second-order valence-corrected chi connectivity index (χ2v) is 5.34. The molecular formula is C19H23IN4. The van der Waals surface area contributed by atoms with Gasteiger partial charge in [-0.05, 0) is 37.1 Å². The van der Waals surface area contributed by atoms with Gasteiger partial charge < -0.3 is 10.6 Å². The average molecular weight is 434 g/mol. The Morgan fingerprint density at radius 3 is 2.21 bits per heavy atom. The second-order valence-electron chi connectivity index (χ2n) is 5.34. The highest BCUT2D eigenvalue weighted by Crippen LogP contribution is 2.05. The molecule has 0 aliphatic heterocycles. The summed E-state index contributed by atoms with van der Waals surface area (Å²) in [6.07, 6.45) is 0. The molecular weight excluding hydrogens is 411 g/mol. The van der Waals surface area contributed by atoms with Crippen LogP contribution in [0, 0.1) is 18.3 Å². The fraction of sp³-hybridized carbons (Fsp3) is 0.263. The lowest BCUT2D eigenvalue weighted by molar-refractivity contribution is 0.816. The zero-order chi connectivity index (χ0) is 16.5. The number of aryl methyl sites for hydroxylation is 1. The first-order valence-electron chi connectivity index (χ1n) is 7.78. The van der Waals surface area contributed by atoms with Crippen LogP contribution in [0.15, 0.2) is 53.5 Å². The fourth-order valence-electron chi connectivity index (χ4n) is 2.09. The summed E-state index contributed by atoms with van der Waals surface area (Å²) in [4.78, 5) is 4.58. The first-order valence-corrected chi connectivity index (χ1v) is 7.78. The highest BCUT2D eigenvalue weighted by atomic mass is 127. The molecule has 0 atom stereocenters. The van der Waals surface area contributed by atoms with Crippen molar-refractivity contribution in [1.29, 1.82) is 5.26 Å². The van der Waals surface area contributed by atoms with E-state index in [1.807, 2.05) is 31.2 Å². The normalized spacial score (nSPS) is 10.5. The van der Waals surface area contributed by atoms with E-state index in [1.165, 1.54) is 11.1 Å². The highest BCUT2D eigenvalue weighted by molar-refractivity contribution is 14.0. The van der Waals surface area contributed by atoms with Crippen molar-refractivity contribution in [3.63, 3.8) is 0 Å². The Hall–Kier alpha value is -2.07. The SMILES string of the molecule is CCNC(=NCc1ccc(C#N)cc1)NCc1ccc(C)cc1.I. The van der Waals surface area contributed by atoms with Gasteiger partial charge in [-0.25, -0.2) is 4.99 Å². The van der Waals surface area contributed by atoms with Crippen LogP contribution in [0.5, 0.6) is 0 Å². The van der Waals surface area contributed by atoms with Crippen molar-refractivity contribution in [2.24, 2.45) is 4.99 Å². The number of hydrogen-bond donors (Lipinski definition) is 2. The maximum Gasteiger partial charge on any atom is 0.191 e. The minimum Gasteiger partial charge on any atom is -0.357 e. The number of nitrogens with zero attached hydrogens (tertiary/aromatic N) is 2. The number of guanidine groups is 1. The number of benzene rings is 2. The number of nitrogens with one attached hydrogen (secondary N) is 2. The predicted molar refractivity (Wildman–Crippen MR) is 109 cm³/mol. The number of rotatable bonds is 5. The fourth-order valence-corrected chi connectivity index (χ4v) is 2.09. The van der Waals surface area contributed by atoms with Crippen molar-refractivity contribution in [1.82, 2.24) is 10.6 Å². The minimum atomic E-state index is 0. The van der Waals surface area contributed by atoms with Crippen molar-refractivity contribution in [3.8, 4) is 6.07 Å². The molecule has 0 fully saturated rings. The third kappa shape index (κ3) is 6.59. The van der Waals surface area contributed by atoms with Gasteiger partial charge in [0.15, 0.2) is 5.96 Å². The summed E-state index contributed by atoms with van der Waals surface area (Å²) in [5.41, 5.74) is 4.23. The van der Waals surface area contributed by atoms with Crippen LogP contribution in [-0.4, -0.2) is 12.5 Å². The quantitative estimate of drug-likeness (QED) is 0.428. The van der Waals surface area contributed by atoms with Crippen LogP contribution in [0.4, 0.5) is 0 Å². The van der Waals surface area contributed by atoms with Gasteiger partial charge in [0.05, 0.1) is 18.2 Å². The molecule has 0 spiro atoms. The van der Waals surface area contributed by atoms with Crippen molar-refractivity contribution in [3.05, 3.63) is 70.8 Å². The van der Waals surface area contributed by atoms with E-state index in [-0.39, 0.29) is 24.0 Å². The van der Waals surface area contributed by atoms with E-state index in [9.17, 15) is 0 Å². The molecule has 0 unspecified atom stereocenters. The number of hydrogen-bond acceptors (Lipinski definition) is 2. The Bertz CT molecular complexity index is 685. The molecule has 2 aromatic rings. The maximum atomic E-state index is 8.81. The average Bonchev–Trinajstić information content (AvgIpc) is 2.59. The minimum absolute atomic E-state index is 0. The summed E-state index contributed by atoms with van der Waals surface area (Å²) in [5, 5.41) is 15.4. The standard InChI is InChI=1S/C19H22N4.HI/c1-3-21-19(22-13-17-6-4-15(2)5-7-17)23-14-18-10-8-16(12-20)9-11-18;/h4-11H,3,13-14H2,1-2H3,(H2,21,22,23);1H. The van der Waals surface area contributed by atoms with Crippen LogP contribution in [0.2, 0.25) is 0 Å². The molecule has 0 amide bonds. The zero-order valence-electron chi connectivity index (χ0n) is 14.0. The molecule has 2 rings (SSSR count). The van der Waals surface area contributed by atoms with E-state index in [0.717, 1.165) is 24.6 Å². The molecule has 24 heavy (non-hydrogen) atoms. The molecule has 0 heterocycles. The number of nitriles is 1. The molecule has 4 nitrogen and oxygen atoms in total. The van der Waals surface area contributed by atoms with Gasteiger partial charge in [-0.2, -0.15) is 5.26 Å². The first-order chi connectivity index (χ1) is 11.2. The summed E-state index contributed by atoms with van der Waals surface area (Å²) in [6, 6.07) is 18.1. The van der Waals surface area contributed by atoms with Crippen LogP contribution in [-0.2, 0) is 13.1 Å². The molecule has 126 valence electrons. The summed E-state index contributed by atoms with van der Waals surface area (Å²) < 4.78 is 0. The summed E-state index contributed by atoms with van der Waals surface area (Å²) >= 11 is 0. The Morgan fingerprint density at radius 1 is 1.00 bits per heavy atom. The molecule has 0 aliphatic rings. The van der Waals surface area contributed by atoms with Crippen molar-refractivity contribution >= 4 is 29.9 Å². The maximum absolute atomic E-state index is 8.81. The Kier molecular flexibility index (Phi) is 8.87. The van der Waals surface area contributed by atoms with Gasteiger partial charge in [0.25, 0.3) is 0 Å². The third-order valence-electron chi connectivity index (χ3n) is 3.43. The molecule has 0 saturated carbocycles. The van der Waals surface area contributed by atoms with Crippen LogP contribution in [0.25, 0.3) is 0 Å². The van der Waals surface area contributed by atoms with Crippen LogP contribution in [0.1, 0.15) is 29.2 Å². The van der Waals surface area contributed by atoms with Crippen LogP contribution in [0.3, 0.4) is 0 Å². The molecule has 2 N–H and O–H groups in total. The molecule has 0 radical (unpaired) electrons. The van der Waals surface area contributed by atoms with Crippen molar-refractivity contribution in [2.45, 2.75) is 26.9 Å². The molecule has 2 aromatic carbocycles. The Morgan fingerprint density at radius 2 is 1.62 bits per heavy atom. The lowest BCUT2D eigenvalue weighted by Gasteiger charge is -2.11. The summed E-state index contributed by atoms with van der Waals surface area (Å²) in [6.45, 7) is 6.26. The predicted octanol–water partition coefficient (Wildman–Crippen LogP) is 3.74. The van der Waals surface area contributed by atoms with E-state index in [1.54, 1.807) is 0 Å². The highest BCUT2D eigenvalue weighted by Gasteiger charge is 1.99. The smallest absolute Gasteiger partial charge is 0.191 e. The molecule has 5 heteroatoms. The van der Waals surface area contributed by atoms with Crippen LogP contribution < -0.4 is 10.6 Å². The van der Waals surface area contributed by atoms with Gasteiger partial charge in [-0.1, -0.05) is 42.0 Å². The molecule has 0 saturated heterocycles. The van der Waals surface area contributed by atoms with Crippen molar-refractivity contribution in [2.75, 3.05) is 6.54 Å². The van der Waals surface area contributed by atoms with Gasteiger partial charge in [0.1, 0.15) is 0 Å². The van der Waals surface area contributed by atoms with Gasteiger partial charge >= 0.3 is 0 Å². The largest absolute Gasteiger partial charge is 0.357 e. The summed E-state index contributed by atoms with van der Waals surface area (Å²) in [5.74, 6) is 0.789. The van der Waals surface area contributed by atoms with E-state index in [4.69, 9.17) is 5.26 Å². The van der Waals surface area contributed by atoms with E-state index >= 15 is 0 Å². The zero-order valence-corrected chi connectivity index (χ0v) is 16.4. The van der Waals surface area contributed by atoms with E-state index < -0.39 is 0 Å².